The van der Waals surface area contributed by atoms with E-state index in [4.69, 9.17) is 5.10 Å². The maximum atomic E-state index is 5.06. The summed E-state index contributed by atoms with van der Waals surface area (Å²) >= 11 is 1.78. The number of fused-ring (bicyclic) bond motifs is 1. The lowest BCUT2D eigenvalue weighted by atomic mass is 10.0. The van der Waals surface area contributed by atoms with Gasteiger partial charge in [0.15, 0.2) is 0 Å². The standard InChI is InChI=1S/C21H23N3S/c1-14(2)15-8-4-6-10-18(15)24-21-17(12-13-22-21)20(23-24)16-9-5-7-11-19(16)25-3/h4-11,14,22H,12-13H2,1-3H3. The lowest BCUT2D eigenvalue weighted by Crippen LogP contribution is -2.07. The monoisotopic (exact) mass is 349 g/mol. The minimum Gasteiger partial charge on any atom is -0.369 e. The van der Waals surface area contributed by atoms with Gasteiger partial charge in [-0.3, -0.25) is 0 Å². The van der Waals surface area contributed by atoms with Gasteiger partial charge in [-0.2, -0.15) is 5.10 Å². The zero-order chi connectivity index (χ0) is 17.4. The van der Waals surface area contributed by atoms with Crippen molar-refractivity contribution in [1.82, 2.24) is 9.78 Å². The van der Waals surface area contributed by atoms with Crippen LogP contribution in [0.5, 0.6) is 0 Å². The van der Waals surface area contributed by atoms with Crippen molar-refractivity contribution in [2.75, 3.05) is 18.1 Å². The number of rotatable bonds is 4. The summed E-state index contributed by atoms with van der Waals surface area (Å²) in [7, 11) is 0. The van der Waals surface area contributed by atoms with E-state index in [-0.39, 0.29) is 0 Å². The second kappa shape index (κ2) is 6.60. The van der Waals surface area contributed by atoms with Gasteiger partial charge in [-0.1, -0.05) is 50.2 Å². The summed E-state index contributed by atoms with van der Waals surface area (Å²) in [6, 6.07) is 17.1. The van der Waals surface area contributed by atoms with Crippen molar-refractivity contribution in [3.05, 3.63) is 59.7 Å². The molecular formula is C21H23N3S. The highest BCUT2D eigenvalue weighted by atomic mass is 32.2. The quantitative estimate of drug-likeness (QED) is 0.644. The number of benzene rings is 2. The smallest absolute Gasteiger partial charge is 0.133 e. The largest absolute Gasteiger partial charge is 0.369 e. The van der Waals surface area contributed by atoms with Gasteiger partial charge in [0.2, 0.25) is 0 Å². The van der Waals surface area contributed by atoms with E-state index in [0.29, 0.717) is 5.92 Å². The van der Waals surface area contributed by atoms with Crippen LogP contribution in [0.1, 0.15) is 30.9 Å². The summed E-state index contributed by atoms with van der Waals surface area (Å²) in [4.78, 5) is 1.28. The Morgan fingerprint density at radius 3 is 2.64 bits per heavy atom. The molecule has 0 spiro atoms. The number of para-hydroxylation sites is 1. The van der Waals surface area contributed by atoms with Gasteiger partial charge >= 0.3 is 0 Å². The summed E-state index contributed by atoms with van der Waals surface area (Å²) in [6.07, 6.45) is 3.15. The Morgan fingerprint density at radius 2 is 1.84 bits per heavy atom. The Hall–Kier alpha value is -2.20. The molecule has 25 heavy (non-hydrogen) atoms. The van der Waals surface area contributed by atoms with Gasteiger partial charge < -0.3 is 5.32 Å². The van der Waals surface area contributed by atoms with Gasteiger partial charge in [0.25, 0.3) is 0 Å². The van der Waals surface area contributed by atoms with E-state index >= 15 is 0 Å². The molecule has 128 valence electrons. The van der Waals surface area contributed by atoms with Crippen LogP contribution in [-0.4, -0.2) is 22.6 Å². The molecule has 4 heteroatoms. The van der Waals surface area contributed by atoms with E-state index in [2.05, 4.69) is 78.6 Å². The Morgan fingerprint density at radius 1 is 1.08 bits per heavy atom. The van der Waals surface area contributed by atoms with Crippen LogP contribution >= 0.6 is 11.8 Å². The Bertz CT molecular complexity index is 911. The topological polar surface area (TPSA) is 29.9 Å². The molecule has 3 nitrogen and oxygen atoms in total. The van der Waals surface area contributed by atoms with Crippen LogP contribution in [0.15, 0.2) is 53.4 Å². The lowest BCUT2D eigenvalue weighted by molar-refractivity contribution is 0.811. The fourth-order valence-corrected chi connectivity index (χ4v) is 4.17. The number of hydrogen-bond acceptors (Lipinski definition) is 3. The molecular weight excluding hydrogens is 326 g/mol. The third-order valence-electron chi connectivity index (χ3n) is 4.80. The van der Waals surface area contributed by atoms with E-state index in [1.165, 1.54) is 27.3 Å². The zero-order valence-electron chi connectivity index (χ0n) is 14.9. The van der Waals surface area contributed by atoms with Crippen LogP contribution in [0.3, 0.4) is 0 Å². The normalized spacial score (nSPS) is 13.1. The first kappa shape index (κ1) is 16.3. The number of aromatic nitrogens is 2. The molecule has 0 unspecified atom stereocenters. The van der Waals surface area contributed by atoms with Crippen LogP contribution in [0.2, 0.25) is 0 Å². The molecule has 0 aliphatic carbocycles. The molecule has 0 fully saturated rings. The van der Waals surface area contributed by atoms with E-state index in [1.54, 1.807) is 11.8 Å². The second-order valence-electron chi connectivity index (χ2n) is 6.68. The van der Waals surface area contributed by atoms with E-state index in [0.717, 1.165) is 24.5 Å². The molecule has 0 radical (unpaired) electrons. The van der Waals surface area contributed by atoms with Crippen molar-refractivity contribution >= 4 is 17.6 Å². The number of anilines is 1. The number of thioether (sulfide) groups is 1. The fourth-order valence-electron chi connectivity index (χ4n) is 3.57. The van der Waals surface area contributed by atoms with Crippen molar-refractivity contribution in [2.45, 2.75) is 31.1 Å². The SMILES string of the molecule is CSc1ccccc1-c1nn(-c2ccccc2C(C)C)c2c1CCN2. The van der Waals surface area contributed by atoms with Gasteiger partial charge in [-0.25, -0.2) is 4.68 Å². The molecule has 0 amide bonds. The van der Waals surface area contributed by atoms with Gasteiger partial charge in [0.1, 0.15) is 5.82 Å². The highest BCUT2D eigenvalue weighted by Crippen LogP contribution is 2.39. The van der Waals surface area contributed by atoms with Crippen molar-refractivity contribution in [3.63, 3.8) is 0 Å². The number of nitrogens with one attached hydrogen (secondary N) is 1. The van der Waals surface area contributed by atoms with E-state index in [9.17, 15) is 0 Å². The molecule has 0 bridgehead atoms. The average molecular weight is 350 g/mol. The van der Waals surface area contributed by atoms with Crippen LogP contribution in [0, 0.1) is 0 Å². The molecule has 2 aromatic carbocycles. The minimum absolute atomic E-state index is 0.458. The zero-order valence-corrected chi connectivity index (χ0v) is 15.7. The summed E-state index contributed by atoms with van der Waals surface area (Å²) in [6.45, 7) is 5.45. The molecule has 1 aliphatic rings. The second-order valence-corrected chi connectivity index (χ2v) is 7.53. The number of hydrogen-bond donors (Lipinski definition) is 1. The average Bonchev–Trinajstić information content (AvgIpc) is 3.24. The third-order valence-corrected chi connectivity index (χ3v) is 5.60. The molecule has 1 N–H and O–H groups in total. The summed E-state index contributed by atoms with van der Waals surface area (Å²) in [5, 5.41) is 8.62. The van der Waals surface area contributed by atoms with Crippen molar-refractivity contribution in [3.8, 4) is 16.9 Å². The first-order chi connectivity index (χ1) is 12.2. The first-order valence-electron chi connectivity index (χ1n) is 8.79. The van der Waals surface area contributed by atoms with E-state index < -0.39 is 0 Å². The summed E-state index contributed by atoms with van der Waals surface area (Å²) < 4.78 is 2.12. The Labute approximate surface area is 153 Å². The van der Waals surface area contributed by atoms with Crippen LogP contribution in [-0.2, 0) is 6.42 Å². The van der Waals surface area contributed by atoms with Crippen LogP contribution < -0.4 is 5.32 Å². The molecule has 2 heterocycles. The highest BCUT2D eigenvalue weighted by molar-refractivity contribution is 7.98. The van der Waals surface area contributed by atoms with E-state index in [1.807, 2.05) is 0 Å². The summed E-state index contributed by atoms with van der Waals surface area (Å²) in [5.41, 5.74) is 6.18. The van der Waals surface area contributed by atoms with Crippen molar-refractivity contribution < 1.29 is 0 Å². The van der Waals surface area contributed by atoms with Crippen LogP contribution in [0.25, 0.3) is 16.9 Å². The highest BCUT2D eigenvalue weighted by Gasteiger charge is 2.26. The van der Waals surface area contributed by atoms with Crippen molar-refractivity contribution in [1.29, 1.82) is 0 Å². The number of nitrogens with zero attached hydrogens (tertiary/aromatic N) is 2. The van der Waals surface area contributed by atoms with Crippen molar-refractivity contribution in [2.24, 2.45) is 0 Å². The molecule has 1 aromatic heterocycles. The maximum Gasteiger partial charge on any atom is 0.133 e. The Kier molecular flexibility index (Phi) is 4.30. The minimum atomic E-state index is 0.458. The predicted octanol–water partition coefficient (Wildman–Crippen LogP) is 5.35. The summed E-state index contributed by atoms with van der Waals surface area (Å²) in [5.74, 6) is 1.61. The molecule has 0 saturated carbocycles. The third kappa shape index (κ3) is 2.74. The lowest BCUT2D eigenvalue weighted by Gasteiger charge is -2.14. The first-order valence-corrected chi connectivity index (χ1v) is 10.0. The molecule has 1 aliphatic heterocycles. The molecule has 4 rings (SSSR count). The van der Waals surface area contributed by atoms with Crippen LogP contribution in [0.4, 0.5) is 5.82 Å². The van der Waals surface area contributed by atoms with Gasteiger partial charge in [0.05, 0.1) is 11.4 Å². The maximum absolute atomic E-state index is 5.06. The molecule has 0 atom stereocenters. The predicted molar refractivity (Wildman–Crippen MR) is 107 cm³/mol. The van der Waals surface area contributed by atoms with Gasteiger partial charge in [0, 0.05) is 22.6 Å². The van der Waals surface area contributed by atoms with Gasteiger partial charge in [-0.05, 0) is 36.3 Å². The fraction of sp³-hybridized carbons (Fsp3) is 0.286. The molecule has 0 saturated heterocycles. The Balaban J connectivity index is 1.93. The molecule has 3 aromatic rings. The van der Waals surface area contributed by atoms with Gasteiger partial charge in [-0.15, -0.1) is 11.8 Å².